The molecule has 15 heavy (non-hydrogen) atoms. The van der Waals surface area contributed by atoms with Crippen molar-refractivity contribution in [3.05, 3.63) is 23.7 Å². The van der Waals surface area contributed by atoms with Gasteiger partial charge in [0.2, 0.25) is 0 Å². The summed E-state index contributed by atoms with van der Waals surface area (Å²) in [6.45, 7) is 6.91. The second-order valence-electron chi connectivity index (χ2n) is 4.13. The van der Waals surface area contributed by atoms with Crippen molar-refractivity contribution in [1.82, 2.24) is 5.32 Å². The third kappa shape index (κ3) is 2.24. The average molecular weight is 209 g/mol. The van der Waals surface area contributed by atoms with Crippen molar-refractivity contribution in [1.29, 1.82) is 0 Å². The molecular formula is C12H19NO2. The van der Waals surface area contributed by atoms with Gasteiger partial charge in [-0.25, -0.2) is 0 Å². The molecule has 0 saturated carbocycles. The molecule has 1 fully saturated rings. The lowest BCUT2D eigenvalue weighted by molar-refractivity contribution is 0.173. The highest BCUT2D eigenvalue weighted by Crippen LogP contribution is 2.30. The summed E-state index contributed by atoms with van der Waals surface area (Å²) in [6, 6.07) is 2.34. The van der Waals surface area contributed by atoms with Gasteiger partial charge in [0.25, 0.3) is 0 Å². The highest BCUT2D eigenvalue weighted by molar-refractivity contribution is 5.19. The summed E-state index contributed by atoms with van der Waals surface area (Å²) in [5.41, 5.74) is 1.23. The maximum atomic E-state index is 5.57. The van der Waals surface area contributed by atoms with E-state index in [9.17, 15) is 0 Å². The van der Waals surface area contributed by atoms with Gasteiger partial charge in [0.05, 0.1) is 18.9 Å². The number of hydrogen-bond donors (Lipinski definition) is 1. The van der Waals surface area contributed by atoms with Gasteiger partial charge < -0.3 is 14.5 Å². The van der Waals surface area contributed by atoms with E-state index < -0.39 is 0 Å². The first-order chi connectivity index (χ1) is 7.33. The maximum Gasteiger partial charge on any atom is 0.123 e. The summed E-state index contributed by atoms with van der Waals surface area (Å²) in [7, 11) is 0. The van der Waals surface area contributed by atoms with Crippen LogP contribution in [0.1, 0.15) is 30.7 Å². The number of nitrogens with one attached hydrogen (secondary N) is 1. The molecule has 0 bridgehead atoms. The van der Waals surface area contributed by atoms with E-state index >= 15 is 0 Å². The van der Waals surface area contributed by atoms with E-state index in [4.69, 9.17) is 9.15 Å². The topological polar surface area (TPSA) is 34.4 Å². The second-order valence-corrected chi connectivity index (χ2v) is 4.13. The van der Waals surface area contributed by atoms with Crippen LogP contribution in [0.4, 0.5) is 0 Å². The Balaban J connectivity index is 2.15. The Kier molecular flexibility index (Phi) is 3.44. The summed E-state index contributed by atoms with van der Waals surface area (Å²) in [6.07, 6.45) is 2.89. The molecule has 1 aromatic rings. The first kappa shape index (κ1) is 10.7. The summed E-state index contributed by atoms with van der Waals surface area (Å²) >= 11 is 0. The molecule has 3 heteroatoms. The Morgan fingerprint density at radius 2 is 2.47 bits per heavy atom. The first-order valence-electron chi connectivity index (χ1n) is 5.68. The Morgan fingerprint density at radius 3 is 3.00 bits per heavy atom. The highest BCUT2D eigenvalue weighted by Gasteiger charge is 2.29. The van der Waals surface area contributed by atoms with Crippen LogP contribution in [0.3, 0.4) is 0 Å². The fraction of sp³-hybridized carbons (Fsp3) is 0.667. The van der Waals surface area contributed by atoms with Crippen molar-refractivity contribution in [2.45, 2.75) is 26.3 Å². The number of ether oxygens (including phenoxy) is 1. The fourth-order valence-corrected chi connectivity index (χ4v) is 2.21. The SMILES string of the molecule is CCNC(c1occc1C)C1CCOC1. The largest absolute Gasteiger partial charge is 0.467 e. The van der Waals surface area contributed by atoms with Crippen LogP contribution in [0, 0.1) is 12.8 Å². The van der Waals surface area contributed by atoms with Gasteiger partial charge in [-0.05, 0) is 31.5 Å². The van der Waals surface area contributed by atoms with Crippen LogP contribution in [0.5, 0.6) is 0 Å². The second kappa shape index (κ2) is 4.81. The van der Waals surface area contributed by atoms with Gasteiger partial charge in [0.15, 0.2) is 0 Å². The van der Waals surface area contributed by atoms with Crippen molar-refractivity contribution in [2.24, 2.45) is 5.92 Å². The maximum absolute atomic E-state index is 5.57. The first-order valence-corrected chi connectivity index (χ1v) is 5.68. The van der Waals surface area contributed by atoms with Crippen LogP contribution in [-0.4, -0.2) is 19.8 Å². The smallest absolute Gasteiger partial charge is 0.123 e. The van der Waals surface area contributed by atoms with E-state index in [2.05, 4.69) is 19.2 Å². The number of furan rings is 1. The molecule has 1 aliphatic rings. The lowest BCUT2D eigenvalue weighted by Crippen LogP contribution is -2.28. The molecule has 2 rings (SSSR count). The molecule has 0 amide bonds. The van der Waals surface area contributed by atoms with Crippen LogP contribution in [0.15, 0.2) is 16.7 Å². The van der Waals surface area contributed by atoms with Crippen LogP contribution >= 0.6 is 0 Å². The van der Waals surface area contributed by atoms with Crippen molar-refractivity contribution in [3.63, 3.8) is 0 Å². The lowest BCUT2D eigenvalue weighted by atomic mass is 9.95. The van der Waals surface area contributed by atoms with Gasteiger partial charge in [-0.15, -0.1) is 0 Å². The van der Waals surface area contributed by atoms with Crippen LogP contribution in [0.25, 0.3) is 0 Å². The predicted octanol–water partition coefficient (Wildman–Crippen LogP) is 2.28. The van der Waals surface area contributed by atoms with Crippen molar-refractivity contribution in [3.8, 4) is 0 Å². The van der Waals surface area contributed by atoms with Gasteiger partial charge in [0, 0.05) is 12.5 Å². The molecule has 0 radical (unpaired) electrons. The Labute approximate surface area is 90.8 Å². The van der Waals surface area contributed by atoms with Gasteiger partial charge in [-0.1, -0.05) is 6.92 Å². The molecule has 1 N–H and O–H groups in total. The van der Waals surface area contributed by atoms with E-state index in [1.54, 1.807) is 6.26 Å². The molecule has 2 atom stereocenters. The molecule has 2 heterocycles. The van der Waals surface area contributed by atoms with Crippen LogP contribution < -0.4 is 5.32 Å². The van der Waals surface area contributed by atoms with E-state index in [1.165, 1.54) is 5.56 Å². The average Bonchev–Trinajstić information content (AvgIpc) is 2.85. The van der Waals surface area contributed by atoms with Crippen molar-refractivity contribution in [2.75, 3.05) is 19.8 Å². The van der Waals surface area contributed by atoms with E-state index in [1.807, 2.05) is 6.07 Å². The van der Waals surface area contributed by atoms with E-state index in [0.717, 1.165) is 31.9 Å². The zero-order chi connectivity index (χ0) is 10.7. The Bertz CT molecular complexity index is 302. The Hall–Kier alpha value is -0.800. The third-order valence-corrected chi connectivity index (χ3v) is 3.04. The Morgan fingerprint density at radius 1 is 1.60 bits per heavy atom. The van der Waals surface area contributed by atoms with Crippen LogP contribution in [-0.2, 0) is 4.74 Å². The molecule has 1 saturated heterocycles. The van der Waals surface area contributed by atoms with E-state index in [-0.39, 0.29) is 0 Å². The third-order valence-electron chi connectivity index (χ3n) is 3.04. The summed E-state index contributed by atoms with van der Waals surface area (Å²) in [4.78, 5) is 0. The molecule has 3 nitrogen and oxygen atoms in total. The van der Waals surface area contributed by atoms with Crippen LogP contribution in [0.2, 0.25) is 0 Å². The zero-order valence-electron chi connectivity index (χ0n) is 9.45. The minimum atomic E-state index is 0.312. The number of hydrogen-bond acceptors (Lipinski definition) is 3. The van der Waals surface area contributed by atoms with Gasteiger partial charge in [-0.2, -0.15) is 0 Å². The van der Waals surface area contributed by atoms with Crippen molar-refractivity contribution >= 4 is 0 Å². The molecule has 0 aliphatic carbocycles. The lowest BCUT2D eigenvalue weighted by Gasteiger charge is -2.21. The standard InChI is InChI=1S/C12H19NO2/c1-3-13-11(10-5-6-14-8-10)12-9(2)4-7-15-12/h4,7,10-11,13H,3,5-6,8H2,1-2H3. The minimum absolute atomic E-state index is 0.312. The fourth-order valence-electron chi connectivity index (χ4n) is 2.21. The summed E-state index contributed by atoms with van der Waals surface area (Å²) in [5.74, 6) is 1.63. The minimum Gasteiger partial charge on any atom is -0.467 e. The molecular weight excluding hydrogens is 190 g/mol. The number of rotatable bonds is 4. The summed E-state index contributed by atoms with van der Waals surface area (Å²) < 4.78 is 11.0. The molecule has 84 valence electrons. The highest BCUT2D eigenvalue weighted by atomic mass is 16.5. The van der Waals surface area contributed by atoms with Crippen molar-refractivity contribution < 1.29 is 9.15 Å². The quantitative estimate of drug-likeness (QED) is 0.826. The van der Waals surface area contributed by atoms with Gasteiger partial charge >= 0.3 is 0 Å². The molecule has 0 spiro atoms. The van der Waals surface area contributed by atoms with E-state index in [0.29, 0.717) is 12.0 Å². The normalized spacial score (nSPS) is 23.2. The summed E-state index contributed by atoms with van der Waals surface area (Å²) in [5, 5.41) is 3.49. The van der Waals surface area contributed by atoms with Gasteiger partial charge in [-0.3, -0.25) is 0 Å². The molecule has 2 unspecified atom stereocenters. The zero-order valence-corrected chi connectivity index (χ0v) is 9.45. The molecule has 0 aromatic carbocycles. The number of aryl methyl sites for hydroxylation is 1. The molecule has 1 aliphatic heterocycles. The van der Waals surface area contributed by atoms with Gasteiger partial charge in [0.1, 0.15) is 5.76 Å². The predicted molar refractivity (Wildman–Crippen MR) is 58.8 cm³/mol. The monoisotopic (exact) mass is 209 g/mol. The molecule has 1 aromatic heterocycles.